The highest BCUT2D eigenvalue weighted by molar-refractivity contribution is 9.10. The normalized spacial score (nSPS) is 10.2. The average Bonchev–Trinajstić information content (AvgIpc) is 2.27. The summed E-state index contributed by atoms with van der Waals surface area (Å²) in [5.74, 6) is -0.903. The second kappa shape index (κ2) is 5.46. The fourth-order valence-corrected chi connectivity index (χ4v) is 2.03. The number of aromatic nitrogens is 1. The van der Waals surface area contributed by atoms with Crippen molar-refractivity contribution < 1.29 is 9.18 Å². The van der Waals surface area contributed by atoms with E-state index in [1.807, 2.05) is 0 Å². The molecule has 0 aliphatic rings. The van der Waals surface area contributed by atoms with E-state index in [1.165, 1.54) is 12.1 Å². The molecule has 0 atom stereocenters. The Hall–Kier alpha value is -1.46. The molecule has 0 unspecified atom stereocenters. The highest BCUT2D eigenvalue weighted by Gasteiger charge is 2.11. The van der Waals surface area contributed by atoms with E-state index in [2.05, 4.69) is 26.2 Å². The van der Waals surface area contributed by atoms with Crippen LogP contribution in [0.25, 0.3) is 0 Å². The van der Waals surface area contributed by atoms with E-state index < -0.39 is 11.7 Å². The van der Waals surface area contributed by atoms with Gasteiger partial charge in [0.05, 0.1) is 5.56 Å². The Balaban J connectivity index is 2.24. The molecule has 0 saturated carbocycles. The smallest absolute Gasteiger partial charge is 0.258 e. The van der Waals surface area contributed by atoms with E-state index in [4.69, 9.17) is 11.6 Å². The van der Waals surface area contributed by atoms with Gasteiger partial charge in [-0.15, -0.1) is 0 Å². The first-order valence-electron chi connectivity index (χ1n) is 4.94. The summed E-state index contributed by atoms with van der Waals surface area (Å²) in [6.45, 7) is 0. The van der Waals surface area contributed by atoms with Crippen molar-refractivity contribution in [3.8, 4) is 0 Å². The number of hydrogen-bond donors (Lipinski definition) is 1. The summed E-state index contributed by atoms with van der Waals surface area (Å²) in [7, 11) is 0. The molecule has 1 amide bonds. The van der Waals surface area contributed by atoms with Crippen molar-refractivity contribution in [2.75, 3.05) is 5.32 Å². The van der Waals surface area contributed by atoms with Crippen molar-refractivity contribution in [2.45, 2.75) is 0 Å². The third kappa shape index (κ3) is 3.05. The molecule has 2 rings (SSSR count). The van der Waals surface area contributed by atoms with E-state index >= 15 is 0 Å². The van der Waals surface area contributed by atoms with Crippen molar-refractivity contribution in [3.05, 3.63) is 57.5 Å². The van der Waals surface area contributed by atoms with Crippen LogP contribution in [0, 0.1) is 5.82 Å². The monoisotopic (exact) mass is 328 g/mol. The first-order valence-corrected chi connectivity index (χ1v) is 6.11. The van der Waals surface area contributed by atoms with Gasteiger partial charge in [0.25, 0.3) is 5.91 Å². The second-order valence-electron chi connectivity index (χ2n) is 3.45. The number of anilines is 1. The molecule has 2 aromatic rings. The number of benzene rings is 1. The van der Waals surface area contributed by atoms with Crippen LogP contribution in [-0.4, -0.2) is 10.9 Å². The van der Waals surface area contributed by atoms with Crippen molar-refractivity contribution in [2.24, 2.45) is 0 Å². The topological polar surface area (TPSA) is 42.0 Å². The minimum absolute atomic E-state index is 0.218. The van der Waals surface area contributed by atoms with Crippen molar-refractivity contribution >= 4 is 39.1 Å². The molecule has 1 N–H and O–H groups in total. The standard InChI is InChI=1S/C12H7BrClFN2O/c13-11-10(2-1-3-16-11)12(18)17-9-5-7(14)4-8(15)6-9/h1-6H,(H,17,18). The van der Waals surface area contributed by atoms with Gasteiger partial charge < -0.3 is 5.32 Å². The highest BCUT2D eigenvalue weighted by atomic mass is 79.9. The van der Waals surface area contributed by atoms with Gasteiger partial charge in [-0.2, -0.15) is 0 Å². The number of carbonyl (C=O) groups excluding carboxylic acids is 1. The third-order valence-corrected chi connectivity index (χ3v) is 2.97. The van der Waals surface area contributed by atoms with Crippen LogP contribution in [-0.2, 0) is 0 Å². The van der Waals surface area contributed by atoms with Crippen LogP contribution in [0.3, 0.4) is 0 Å². The zero-order valence-corrected chi connectivity index (χ0v) is 11.3. The number of carbonyl (C=O) groups is 1. The van der Waals surface area contributed by atoms with Gasteiger partial charge in [-0.05, 0) is 46.3 Å². The first-order chi connectivity index (χ1) is 8.56. The van der Waals surface area contributed by atoms with Crippen molar-refractivity contribution in [1.82, 2.24) is 4.98 Å². The highest BCUT2D eigenvalue weighted by Crippen LogP contribution is 2.20. The molecule has 0 saturated heterocycles. The molecule has 0 bridgehead atoms. The SMILES string of the molecule is O=C(Nc1cc(F)cc(Cl)c1)c1cccnc1Br. The van der Waals surface area contributed by atoms with Crippen LogP contribution in [0.1, 0.15) is 10.4 Å². The van der Waals surface area contributed by atoms with E-state index in [1.54, 1.807) is 18.3 Å². The first kappa shape index (κ1) is 13.0. The van der Waals surface area contributed by atoms with Crippen molar-refractivity contribution in [3.63, 3.8) is 0 Å². The molecule has 6 heteroatoms. The summed E-state index contributed by atoms with van der Waals surface area (Å²) in [5, 5.41) is 2.77. The van der Waals surface area contributed by atoms with Gasteiger partial charge in [0, 0.05) is 16.9 Å². The predicted octanol–water partition coefficient (Wildman–Crippen LogP) is 3.89. The molecule has 0 radical (unpaired) electrons. The number of nitrogens with one attached hydrogen (secondary N) is 1. The molecule has 18 heavy (non-hydrogen) atoms. The summed E-state index contributed by atoms with van der Waals surface area (Å²) < 4.78 is 13.5. The quantitative estimate of drug-likeness (QED) is 0.849. The van der Waals surface area contributed by atoms with Gasteiger partial charge in [-0.1, -0.05) is 11.6 Å². The van der Waals surface area contributed by atoms with Crippen LogP contribution in [0.15, 0.2) is 41.1 Å². The molecule has 1 aromatic heterocycles. The van der Waals surface area contributed by atoms with Crippen LogP contribution >= 0.6 is 27.5 Å². The number of hydrogen-bond acceptors (Lipinski definition) is 2. The molecular weight excluding hydrogens is 322 g/mol. The van der Waals surface area contributed by atoms with E-state index in [9.17, 15) is 9.18 Å². The van der Waals surface area contributed by atoms with Gasteiger partial charge >= 0.3 is 0 Å². The zero-order chi connectivity index (χ0) is 13.1. The second-order valence-corrected chi connectivity index (χ2v) is 4.64. The fraction of sp³-hybridized carbons (Fsp3) is 0. The zero-order valence-electron chi connectivity index (χ0n) is 8.95. The number of pyridine rings is 1. The molecule has 0 aliphatic heterocycles. The van der Waals surface area contributed by atoms with Gasteiger partial charge in [0.1, 0.15) is 10.4 Å². The summed E-state index contributed by atoms with van der Waals surface area (Å²) in [6, 6.07) is 7.06. The minimum atomic E-state index is -0.511. The maximum Gasteiger partial charge on any atom is 0.258 e. The summed E-state index contributed by atoms with van der Waals surface area (Å²) >= 11 is 8.87. The predicted molar refractivity (Wildman–Crippen MR) is 71.3 cm³/mol. The molecule has 3 nitrogen and oxygen atoms in total. The lowest BCUT2D eigenvalue weighted by Crippen LogP contribution is -2.13. The Bertz CT molecular complexity index is 586. The molecule has 92 valence electrons. The summed E-state index contributed by atoms with van der Waals surface area (Å²) in [4.78, 5) is 15.8. The maximum absolute atomic E-state index is 13.1. The van der Waals surface area contributed by atoms with Gasteiger partial charge in [-0.3, -0.25) is 4.79 Å². The Morgan fingerprint density at radius 2 is 2.17 bits per heavy atom. The van der Waals surface area contributed by atoms with Gasteiger partial charge in [-0.25, -0.2) is 9.37 Å². The molecule has 0 fully saturated rings. The summed E-state index contributed by atoms with van der Waals surface area (Å²) in [6.07, 6.45) is 1.56. The third-order valence-electron chi connectivity index (χ3n) is 2.12. The number of nitrogens with zero attached hydrogens (tertiary/aromatic N) is 1. The summed E-state index contributed by atoms with van der Waals surface area (Å²) in [5.41, 5.74) is 0.652. The Morgan fingerprint density at radius 3 is 2.83 bits per heavy atom. The number of halogens is 3. The average molecular weight is 330 g/mol. The molecular formula is C12H7BrClFN2O. The molecule has 1 heterocycles. The van der Waals surface area contributed by atoms with Crippen molar-refractivity contribution in [1.29, 1.82) is 0 Å². The van der Waals surface area contributed by atoms with E-state index in [-0.39, 0.29) is 5.02 Å². The van der Waals surface area contributed by atoms with Crippen LogP contribution in [0.2, 0.25) is 5.02 Å². The largest absolute Gasteiger partial charge is 0.322 e. The molecule has 1 aromatic carbocycles. The van der Waals surface area contributed by atoms with Gasteiger partial charge in [0.15, 0.2) is 0 Å². The lowest BCUT2D eigenvalue weighted by atomic mass is 10.2. The van der Waals surface area contributed by atoms with Gasteiger partial charge in [0.2, 0.25) is 0 Å². The maximum atomic E-state index is 13.1. The Kier molecular flexibility index (Phi) is 3.93. The van der Waals surface area contributed by atoms with Crippen LogP contribution < -0.4 is 5.32 Å². The number of amides is 1. The fourth-order valence-electron chi connectivity index (χ4n) is 1.38. The van der Waals surface area contributed by atoms with Crippen LogP contribution in [0.5, 0.6) is 0 Å². The van der Waals surface area contributed by atoms with E-state index in [0.717, 1.165) is 6.07 Å². The van der Waals surface area contributed by atoms with Crippen LogP contribution in [0.4, 0.5) is 10.1 Å². The Morgan fingerprint density at radius 1 is 1.39 bits per heavy atom. The number of rotatable bonds is 2. The molecule has 0 spiro atoms. The lowest BCUT2D eigenvalue weighted by molar-refractivity contribution is 0.102. The Labute approximate surface area is 116 Å². The lowest BCUT2D eigenvalue weighted by Gasteiger charge is -2.06. The minimum Gasteiger partial charge on any atom is -0.322 e. The van der Waals surface area contributed by atoms with E-state index in [0.29, 0.717) is 15.9 Å². The molecule has 0 aliphatic carbocycles.